The molecule has 3 rings (SSSR count). The maximum absolute atomic E-state index is 13.5. The summed E-state index contributed by atoms with van der Waals surface area (Å²) in [5.74, 6) is -0.234. The van der Waals surface area contributed by atoms with E-state index >= 15 is 0 Å². The summed E-state index contributed by atoms with van der Waals surface area (Å²) < 4.78 is 18.9. The van der Waals surface area contributed by atoms with Gasteiger partial charge >= 0.3 is 6.09 Å². The smallest absolute Gasteiger partial charge is 0.410 e. The molecule has 1 saturated heterocycles. The molecule has 126 valence electrons. The van der Waals surface area contributed by atoms with Crippen molar-refractivity contribution in [1.29, 1.82) is 0 Å². The van der Waals surface area contributed by atoms with E-state index in [9.17, 15) is 9.18 Å². The van der Waals surface area contributed by atoms with Crippen molar-refractivity contribution >= 4 is 6.09 Å². The van der Waals surface area contributed by atoms with Crippen molar-refractivity contribution < 1.29 is 13.9 Å². The molecule has 1 fully saturated rings. The van der Waals surface area contributed by atoms with E-state index in [0.717, 1.165) is 30.4 Å². The normalized spacial score (nSPS) is 23.0. The van der Waals surface area contributed by atoms with Gasteiger partial charge in [0.1, 0.15) is 11.4 Å². The standard InChI is InChI=1S/C18H25FN2O2/c1-17(2,3)23-16(22)21-8-6-18(7-9-21)11-15(20)13-10-12(19)4-5-14(13)18/h4-5,10,15H,6-9,11,20H2,1-3H3/t15-/m0/s1. The molecule has 23 heavy (non-hydrogen) atoms. The van der Waals surface area contributed by atoms with Gasteiger partial charge in [0.25, 0.3) is 0 Å². The van der Waals surface area contributed by atoms with Gasteiger partial charge in [-0.25, -0.2) is 9.18 Å². The Morgan fingerprint density at radius 2 is 2.00 bits per heavy atom. The monoisotopic (exact) mass is 320 g/mol. The number of nitrogens with zero attached hydrogens (tertiary/aromatic N) is 1. The maximum atomic E-state index is 13.5. The topological polar surface area (TPSA) is 55.6 Å². The molecule has 0 radical (unpaired) electrons. The van der Waals surface area contributed by atoms with Crippen LogP contribution in [0, 0.1) is 5.82 Å². The Labute approximate surface area is 136 Å². The summed E-state index contributed by atoms with van der Waals surface area (Å²) in [6.07, 6.45) is 2.26. The van der Waals surface area contributed by atoms with Crippen LogP contribution in [0.5, 0.6) is 0 Å². The second-order valence-corrected chi connectivity index (χ2v) is 7.79. The largest absolute Gasteiger partial charge is 0.444 e. The number of hydrogen-bond donors (Lipinski definition) is 1. The van der Waals surface area contributed by atoms with Crippen LogP contribution in [0.3, 0.4) is 0 Å². The molecule has 0 aromatic heterocycles. The van der Waals surface area contributed by atoms with E-state index in [0.29, 0.717) is 13.1 Å². The van der Waals surface area contributed by atoms with E-state index in [1.54, 1.807) is 11.0 Å². The first-order valence-corrected chi connectivity index (χ1v) is 8.24. The van der Waals surface area contributed by atoms with Crippen molar-refractivity contribution in [3.05, 3.63) is 35.1 Å². The Morgan fingerprint density at radius 3 is 2.61 bits per heavy atom. The minimum atomic E-state index is -0.480. The van der Waals surface area contributed by atoms with Crippen LogP contribution in [0.1, 0.15) is 57.2 Å². The molecule has 2 N–H and O–H groups in total. The van der Waals surface area contributed by atoms with Crippen molar-refractivity contribution in [3.8, 4) is 0 Å². The first-order valence-electron chi connectivity index (χ1n) is 8.24. The molecule has 1 aliphatic heterocycles. The third-order valence-corrected chi connectivity index (χ3v) is 4.97. The Balaban J connectivity index is 1.74. The number of hydrogen-bond acceptors (Lipinski definition) is 3. The number of carbonyl (C=O) groups is 1. The molecule has 1 heterocycles. The number of halogens is 1. The summed E-state index contributed by atoms with van der Waals surface area (Å²) in [7, 11) is 0. The number of amides is 1. The molecule has 1 amide bonds. The summed E-state index contributed by atoms with van der Waals surface area (Å²) in [5, 5.41) is 0. The van der Waals surface area contributed by atoms with Crippen LogP contribution in [-0.4, -0.2) is 29.7 Å². The van der Waals surface area contributed by atoms with Gasteiger partial charge < -0.3 is 15.4 Å². The number of likely N-dealkylation sites (tertiary alicyclic amines) is 1. The fourth-order valence-corrected chi connectivity index (χ4v) is 3.88. The molecule has 1 atom stereocenters. The molecule has 5 heteroatoms. The SMILES string of the molecule is CC(C)(C)OC(=O)N1CCC2(CC1)C[C@H](N)c1cc(F)ccc12. The zero-order valence-corrected chi connectivity index (χ0v) is 14.1. The van der Waals surface area contributed by atoms with Gasteiger partial charge in [-0.2, -0.15) is 0 Å². The molecular formula is C18H25FN2O2. The number of carbonyl (C=O) groups excluding carboxylic acids is 1. The molecule has 1 aromatic carbocycles. The zero-order chi connectivity index (χ0) is 16.8. The van der Waals surface area contributed by atoms with Gasteiger partial charge in [-0.1, -0.05) is 6.07 Å². The zero-order valence-electron chi connectivity index (χ0n) is 14.1. The van der Waals surface area contributed by atoms with Crippen LogP contribution in [0.2, 0.25) is 0 Å². The summed E-state index contributed by atoms with van der Waals surface area (Å²) in [6.45, 7) is 6.92. The molecule has 0 unspecified atom stereocenters. The number of rotatable bonds is 0. The lowest BCUT2D eigenvalue weighted by molar-refractivity contribution is 0.0162. The second kappa shape index (κ2) is 5.48. The summed E-state index contributed by atoms with van der Waals surface area (Å²) in [4.78, 5) is 14.0. The average molecular weight is 320 g/mol. The van der Waals surface area contributed by atoms with E-state index in [2.05, 4.69) is 0 Å². The molecule has 4 nitrogen and oxygen atoms in total. The van der Waals surface area contributed by atoms with Crippen LogP contribution < -0.4 is 5.73 Å². The van der Waals surface area contributed by atoms with Crippen molar-refractivity contribution in [2.75, 3.05) is 13.1 Å². The fraction of sp³-hybridized carbons (Fsp3) is 0.611. The maximum Gasteiger partial charge on any atom is 0.410 e. The number of nitrogens with two attached hydrogens (primary N) is 1. The van der Waals surface area contributed by atoms with Crippen LogP contribution in [-0.2, 0) is 10.2 Å². The lowest BCUT2D eigenvalue weighted by Gasteiger charge is -2.40. The third kappa shape index (κ3) is 3.07. The Bertz CT molecular complexity index is 616. The van der Waals surface area contributed by atoms with Crippen molar-refractivity contribution in [3.63, 3.8) is 0 Å². The Morgan fingerprint density at radius 1 is 1.35 bits per heavy atom. The molecule has 0 saturated carbocycles. The summed E-state index contributed by atoms with van der Waals surface area (Å²) in [6, 6.07) is 4.84. The van der Waals surface area contributed by atoms with Gasteiger partial charge in [0.05, 0.1) is 0 Å². The molecular weight excluding hydrogens is 295 g/mol. The van der Waals surface area contributed by atoms with E-state index in [1.807, 2.05) is 26.8 Å². The van der Waals surface area contributed by atoms with Crippen LogP contribution >= 0.6 is 0 Å². The fourth-order valence-electron chi connectivity index (χ4n) is 3.88. The van der Waals surface area contributed by atoms with E-state index < -0.39 is 5.60 Å². The molecule has 2 aliphatic rings. The Kier molecular flexibility index (Phi) is 3.87. The van der Waals surface area contributed by atoms with Crippen LogP contribution in [0.15, 0.2) is 18.2 Å². The summed E-state index contributed by atoms with van der Waals surface area (Å²) >= 11 is 0. The molecule has 0 bridgehead atoms. The van der Waals surface area contributed by atoms with Crippen molar-refractivity contribution in [1.82, 2.24) is 4.90 Å². The quantitative estimate of drug-likeness (QED) is 0.796. The highest BCUT2D eigenvalue weighted by Crippen LogP contribution is 2.50. The lowest BCUT2D eigenvalue weighted by atomic mass is 9.74. The minimum Gasteiger partial charge on any atom is -0.444 e. The highest BCUT2D eigenvalue weighted by Gasteiger charge is 2.45. The third-order valence-electron chi connectivity index (χ3n) is 4.97. The van der Waals surface area contributed by atoms with Gasteiger partial charge in [0.15, 0.2) is 0 Å². The van der Waals surface area contributed by atoms with Gasteiger partial charge in [0.2, 0.25) is 0 Å². The van der Waals surface area contributed by atoms with Crippen LogP contribution in [0.25, 0.3) is 0 Å². The van der Waals surface area contributed by atoms with Gasteiger partial charge in [-0.05, 0) is 63.3 Å². The first kappa shape index (κ1) is 16.2. The second-order valence-electron chi connectivity index (χ2n) is 7.79. The predicted octanol–water partition coefficient (Wildman–Crippen LogP) is 3.50. The summed E-state index contributed by atoms with van der Waals surface area (Å²) in [5.41, 5.74) is 7.81. The van der Waals surface area contributed by atoms with Gasteiger partial charge in [0, 0.05) is 24.5 Å². The highest BCUT2D eigenvalue weighted by molar-refractivity contribution is 5.68. The van der Waals surface area contributed by atoms with E-state index in [1.165, 1.54) is 6.07 Å². The lowest BCUT2D eigenvalue weighted by Crippen LogP contribution is -2.46. The molecule has 1 aromatic rings. The predicted molar refractivity (Wildman–Crippen MR) is 86.7 cm³/mol. The average Bonchev–Trinajstić information content (AvgIpc) is 2.70. The van der Waals surface area contributed by atoms with Crippen molar-refractivity contribution in [2.24, 2.45) is 5.73 Å². The van der Waals surface area contributed by atoms with E-state index in [-0.39, 0.29) is 23.4 Å². The van der Waals surface area contributed by atoms with Crippen LogP contribution in [0.4, 0.5) is 9.18 Å². The van der Waals surface area contributed by atoms with E-state index in [4.69, 9.17) is 10.5 Å². The minimum absolute atomic E-state index is 0.0268. The van der Waals surface area contributed by atoms with Gasteiger partial charge in [-0.15, -0.1) is 0 Å². The molecule has 1 aliphatic carbocycles. The molecule has 1 spiro atoms. The van der Waals surface area contributed by atoms with Crippen molar-refractivity contribution in [2.45, 2.75) is 57.1 Å². The highest BCUT2D eigenvalue weighted by atomic mass is 19.1. The number of piperidine rings is 1. The number of ether oxygens (including phenoxy) is 1. The number of benzene rings is 1. The number of fused-ring (bicyclic) bond motifs is 2. The van der Waals surface area contributed by atoms with Gasteiger partial charge in [-0.3, -0.25) is 0 Å². The Hall–Kier alpha value is -1.62. The first-order chi connectivity index (χ1) is 10.7.